The van der Waals surface area contributed by atoms with Gasteiger partial charge in [0.2, 0.25) is 0 Å². The third-order valence-electron chi connectivity index (χ3n) is 4.80. The summed E-state index contributed by atoms with van der Waals surface area (Å²) in [5.74, 6) is -1.21. The molecule has 0 saturated carbocycles. The van der Waals surface area contributed by atoms with Gasteiger partial charge in [-0.25, -0.2) is 9.59 Å². The molecule has 2 aromatic heterocycles. The van der Waals surface area contributed by atoms with Crippen LogP contribution in [0.3, 0.4) is 0 Å². The number of benzene rings is 2. The Hall–Kier alpha value is -3.23. The number of hydrogen-bond acceptors (Lipinski definition) is 6. The largest absolute Gasteiger partial charge is 0.462 e. The van der Waals surface area contributed by atoms with E-state index in [9.17, 15) is 14.4 Å². The molecule has 4 rings (SSSR count). The third kappa shape index (κ3) is 4.37. The van der Waals surface area contributed by atoms with Crippen LogP contribution in [0.5, 0.6) is 0 Å². The predicted molar refractivity (Wildman–Crippen MR) is 129 cm³/mol. The van der Waals surface area contributed by atoms with Gasteiger partial charge in [0, 0.05) is 20.8 Å². The molecule has 4 aromatic rings. The van der Waals surface area contributed by atoms with Gasteiger partial charge in [-0.05, 0) is 43.7 Å². The third-order valence-corrected chi connectivity index (χ3v) is 6.19. The minimum atomic E-state index is -0.759. The number of fused-ring (bicyclic) bond motifs is 1. The maximum Gasteiger partial charge on any atom is 0.349 e. The number of hydrogen-bond donors (Lipinski definition) is 1. The number of ether oxygens (including phenoxy) is 1. The molecule has 0 saturated heterocycles. The van der Waals surface area contributed by atoms with E-state index >= 15 is 0 Å². The fourth-order valence-corrected chi connectivity index (χ4v) is 4.56. The molecule has 0 aliphatic carbocycles. The summed E-state index contributed by atoms with van der Waals surface area (Å²) in [5, 5.41) is 5.38. The smallest absolute Gasteiger partial charge is 0.349 e. The molecule has 0 unspecified atom stereocenters. The van der Waals surface area contributed by atoms with Crippen LogP contribution in [0, 0.1) is 6.92 Å². The van der Waals surface area contributed by atoms with Gasteiger partial charge in [0.1, 0.15) is 21.7 Å². The van der Waals surface area contributed by atoms with Gasteiger partial charge in [0.15, 0.2) is 0 Å². The number of anilines is 1. The normalized spacial score (nSPS) is 10.8. The van der Waals surface area contributed by atoms with E-state index in [0.717, 1.165) is 15.6 Å². The van der Waals surface area contributed by atoms with Crippen LogP contribution in [0.25, 0.3) is 22.1 Å². The van der Waals surface area contributed by atoms with Crippen LogP contribution < -0.4 is 10.9 Å². The molecular weight excluding hydrogens is 494 g/mol. The Kier molecular flexibility index (Phi) is 6.25. The molecule has 0 atom stereocenters. The quantitative estimate of drug-likeness (QED) is 0.261. The zero-order chi connectivity index (χ0) is 22.8. The summed E-state index contributed by atoms with van der Waals surface area (Å²) in [4.78, 5) is 38.1. The average molecular weight is 512 g/mol. The molecule has 1 N–H and O–H groups in total. The standard InChI is InChI=1S/C24H18BrNO5S/c1-3-30-24(29)20-18(14-6-4-13(2)5-7-14)12-32-22(20)26-21(27)17-11-15-10-16(25)8-9-19(15)31-23(17)28/h4-12H,3H2,1-2H3,(H,26,27). The van der Waals surface area contributed by atoms with E-state index in [2.05, 4.69) is 21.2 Å². The molecule has 0 fully saturated rings. The van der Waals surface area contributed by atoms with Crippen LogP contribution in [0.4, 0.5) is 5.00 Å². The van der Waals surface area contributed by atoms with Crippen molar-refractivity contribution in [3.05, 3.63) is 85.5 Å². The van der Waals surface area contributed by atoms with Crippen LogP contribution in [0.15, 0.2) is 67.6 Å². The minimum absolute atomic E-state index is 0.157. The second-order valence-electron chi connectivity index (χ2n) is 7.02. The molecule has 8 heteroatoms. The lowest BCUT2D eigenvalue weighted by molar-refractivity contribution is 0.0529. The van der Waals surface area contributed by atoms with Gasteiger partial charge in [-0.15, -0.1) is 11.3 Å². The van der Waals surface area contributed by atoms with Gasteiger partial charge < -0.3 is 14.5 Å². The van der Waals surface area contributed by atoms with E-state index in [1.165, 1.54) is 17.4 Å². The second-order valence-corrected chi connectivity index (χ2v) is 8.82. The van der Waals surface area contributed by atoms with Crippen molar-refractivity contribution >= 4 is 55.1 Å². The van der Waals surface area contributed by atoms with Crippen molar-refractivity contribution in [2.75, 3.05) is 11.9 Å². The summed E-state index contributed by atoms with van der Waals surface area (Å²) >= 11 is 4.56. The zero-order valence-corrected chi connectivity index (χ0v) is 19.6. The first kappa shape index (κ1) is 22.0. The van der Waals surface area contributed by atoms with Crippen LogP contribution >= 0.6 is 27.3 Å². The van der Waals surface area contributed by atoms with Crippen molar-refractivity contribution < 1.29 is 18.7 Å². The lowest BCUT2D eigenvalue weighted by atomic mass is 10.0. The molecule has 32 heavy (non-hydrogen) atoms. The Morgan fingerprint density at radius 1 is 1.12 bits per heavy atom. The van der Waals surface area contributed by atoms with Gasteiger partial charge in [-0.2, -0.15) is 0 Å². The maximum absolute atomic E-state index is 13.0. The Morgan fingerprint density at radius 2 is 1.88 bits per heavy atom. The van der Waals surface area contributed by atoms with E-state index in [-0.39, 0.29) is 17.7 Å². The Bertz CT molecular complexity index is 1390. The van der Waals surface area contributed by atoms with Crippen LogP contribution in [-0.4, -0.2) is 18.5 Å². The number of aryl methyl sites for hydroxylation is 1. The van der Waals surface area contributed by atoms with E-state index in [0.29, 0.717) is 21.5 Å². The highest BCUT2D eigenvalue weighted by molar-refractivity contribution is 9.10. The van der Waals surface area contributed by atoms with Crippen molar-refractivity contribution in [3.63, 3.8) is 0 Å². The zero-order valence-electron chi connectivity index (χ0n) is 17.2. The maximum atomic E-state index is 13.0. The summed E-state index contributed by atoms with van der Waals surface area (Å²) < 4.78 is 11.3. The molecule has 1 amide bonds. The summed E-state index contributed by atoms with van der Waals surface area (Å²) in [6.07, 6.45) is 0. The van der Waals surface area contributed by atoms with Gasteiger partial charge in [0.05, 0.1) is 6.61 Å². The molecule has 0 bridgehead atoms. The Balaban J connectivity index is 1.74. The number of carbonyl (C=O) groups excluding carboxylic acids is 2. The SMILES string of the molecule is CCOC(=O)c1c(-c2ccc(C)cc2)csc1NC(=O)c1cc2cc(Br)ccc2oc1=O. The second kappa shape index (κ2) is 9.10. The van der Waals surface area contributed by atoms with E-state index in [4.69, 9.17) is 9.15 Å². The Labute approximate surface area is 196 Å². The highest BCUT2D eigenvalue weighted by atomic mass is 79.9. The number of halogens is 1. The number of rotatable bonds is 5. The van der Waals surface area contributed by atoms with Crippen LogP contribution in [0.1, 0.15) is 33.2 Å². The monoisotopic (exact) mass is 511 g/mol. The highest BCUT2D eigenvalue weighted by Gasteiger charge is 2.24. The van der Waals surface area contributed by atoms with E-state index < -0.39 is 17.5 Å². The topological polar surface area (TPSA) is 85.6 Å². The molecule has 2 aromatic carbocycles. The molecule has 6 nitrogen and oxygen atoms in total. The number of esters is 1. The average Bonchev–Trinajstić information content (AvgIpc) is 3.17. The first-order chi connectivity index (χ1) is 15.4. The van der Waals surface area contributed by atoms with Crippen LogP contribution in [0.2, 0.25) is 0 Å². The van der Waals surface area contributed by atoms with Crippen molar-refractivity contribution in [2.24, 2.45) is 0 Å². The predicted octanol–water partition coefficient (Wildman–Crippen LogP) is 6.02. The molecule has 162 valence electrons. The molecule has 0 spiro atoms. The van der Waals surface area contributed by atoms with Gasteiger partial charge in [-0.1, -0.05) is 45.8 Å². The van der Waals surface area contributed by atoms with Crippen molar-refractivity contribution in [2.45, 2.75) is 13.8 Å². The molecule has 0 radical (unpaired) electrons. The van der Waals surface area contributed by atoms with Crippen molar-refractivity contribution in [1.29, 1.82) is 0 Å². The lowest BCUT2D eigenvalue weighted by Crippen LogP contribution is -2.21. The van der Waals surface area contributed by atoms with Crippen LogP contribution in [-0.2, 0) is 4.74 Å². The lowest BCUT2D eigenvalue weighted by Gasteiger charge is -2.09. The number of carbonyl (C=O) groups is 2. The number of thiophene rings is 1. The van der Waals surface area contributed by atoms with E-state index in [1.54, 1.807) is 30.5 Å². The van der Waals surface area contributed by atoms with Crippen molar-refractivity contribution in [1.82, 2.24) is 0 Å². The first-order valence-electron chi connectivity index (χ1n) is 9.77. The Morgan fingerprint density at radius 3 is 2.59 bits per heavy atom. The number of amides is 1. The van der Waals surface area contributed by atoms with Gasteiger partial charge in [0.25, 0.3) is 5.91 Å². The molecule has 0 aliphatic heterocycles. The van der Waals surface area contributed by atoms with E-state index in [1.807, 2.05) is 31.2 Å². The molecule has 2 heterocycles. The van der Waals surface area contributed by atoms with Gasteiger partial charge in [-0.3, -0.25) is 4.79 Å². The summed E-state index contributed by atoms with van der Waals surface area (Å²) in [7, 11) is 0. The van der Waals surface area contributed by atoms with Crippen molar-refractivity contribution in [3.8, 4) is 11.1 Å². The fourth-order valence-electron chi connectivity index (χ4n) is 3.22. The summed E-state index contributed by atoms with van der Waals surface area (Å²) in [5.41, 5.74) is 2.27. The number of nitrogens with one attached hydrogen (secondary N) is 1. The fraction of sp³-hybridized carbons (Fsp3) is 0.125. The summed E-state index contributed by atoms with van der Waals surface area (Å²) in [6.45, 7) is 3.88. The first-order valence-corrected chi connectivity index (χ1v) is 11.4. The highest BCUT2D eigenvalue weighted by Crippen LogP contribution is 2.36. The minimum Gasteiger partial charge on any atom is -0.462 e. The molecule has 0 aliphatic rings. The molecular formula is C24H18BrNO5S. The van der Waals surface area contributed by atoms with Gasteiger partial charge >= 0.3 is 11.6 Å². The summed E-state index contributed by atoms with van der Waals surface area (Å²) in [6, 6.07) is 14.3.